The Bertz CT molecular complexity index is 818. The number of fused-ring (bicyclic) bond motifs is 1. The summed E-state index contributed by atoms with van der Waals surface area (Å²) in [6.07, 6.45) is 8.22. The van der Waals surface area contributed by atoms with Crippen LogP contribution in [0.15, 0.2) is 18.3 Å². The lowest BCUT2D eigenvalue weighted by molar-refractivity contribution is -0.117. The highest BCUT2D eigenvalue weighted by molar-refractivity contribution is 7.80. The maximum atomic E-state index is 12.1. The first-order valence-corrected chi connectivity index (χ1v) is 10.1. The average Bonchev–Trinajstić information content (AvgIpc) is 3.40. The van der Waals surface area contributed by atoms with Crippen molar-refractivity contribution in [2.24, 2.45) is 5.92 Å². The Morgan fingerprint density at radius 3 is 2.81 bits per heavy atom. The van der Waals surface area contributed by atoms with E-state index in [-0.39, 0.29) is 11.8 Å². The molecule has 26 heavy (non-hydrogen) atoms. The smallest absolute Gasteiger partial charge is 0.228 e. The Morgan fingerprint density at radius 2 is 2.12 bits per heavy atom. The molecule has 4 rings (SSSR count). The van der Waals surface area contributed by atoms with E-state index < -0.39 is 0 Å². The predicted octanol–water partition coefficient (Wildman–Crippen LogP) is 4.22. The number of likely N-dealkylation sites (tertiary alicyclic amines) is 1. The van der Waals surface area contributed by atoms with Crippen LogP contribution >= 0.6 is 12.2 Å². The second-order valence-electron chi connectivity index (χ2n) is 7.51. The van der Waals surface area contributed by atoms with Gasteiger partial charge in [-0.2, -0.15) is 0 Å². The number of pyridine rings is 1. The Morgan fingerprint density at radius 1 is 1.35 bits per heavy atom. The van der Waals surface area contributed by atoms with Crippen LogP contribution in [0.2, 0.25) is 0 Å². The molecule has 2 aromatic heterocycles. The van der Waals surface area contributed by atoms with Crippen LogP contribution in [0.25, 0.3) is 11.0 Å². The first-order chi connectivity index (χ1) is 12.7. The number of hydrogen-bond acceptors (Lipinski definition) is 3. The summed E-state index contributed by atoms with van der Waals surface area (Å²) in [5.41, 5.74) is 2.15. The number of anilines is 1. The van der Waals surface area contributed by atoms with Gasteiger partial charge in [0.15, 0.2) is 0 Å². The van der Waals surface area contributed by atoms with E-state index in [9.17, 15) is 4.79 Å². The van der Waals surface area contributed by atoms with Gasteiger partial charge in [0, 0.05) is 30.6 Å². The van der Waals surface area contributed by atoms with E-state index in [0.29, 0.717) is 11.7 Å². The SMILES string of the molecule is CCCC(=S)N1CCC(c2cc(NC(=O)C3CC3)nc3[nH]ccc23)CC1. The molecule has 6 heteroatoms. The first-order valence-electron chi connectivity index (χ1n) is 9.72. The zero-order valence-corrected chi connectivity index (χ0v) is 16.1. The molecule has 0 radical (unpaired) electrons. The maximum Gasteiger partial charge on any atom is 0.228 e. The molecule has 1 aliphatic heterocycles. The van der Waals surface area contributed by atoms with Crippen LogP contribution < -0.4 is 5.32 Å². The van der Waals surface area contributed by atoms with E-state index in [2.05, 4.69) is 39.2 Å². The van der Waals surface area contributed by atoms with Crippen molar-refractivity contribution in [3.05, 3.63) is 23.9 Å². The molecule has 5 nitrogen and oxygen atoms in total. The number of carbonyl (C=O) groups is 1. The topological polar surface area (TPSA) is 61.0 Å². The van der Waals surface area contributed by atoms with Crippen molar-refractivity contribution in [1.29, 1.82) is 0 Å². The van der Waals surface area contributed by atoms with Gasteiger partial charge in [0.2, 0.25) is 5.91 Å². The van der Waals surface area contributed by atoms with Crippen LogP contribution in [0.4, 0.5) is 5.82 Å². The molecule has 1 saturated carbocycles. The highest BCUT2D eigenvalue weighted by Gasteiger charge is 2.30. The third-order valence-corrected chi connectivity index (χ3v) is 5.97. The fraction of sp³-hybridized carbons (Fsp3) is 0.550. The number of nitrogens with one attached hydrogen (secondary N) is 2. The van der Waals surface area contributed by atoms with Crippen LogP contribution in [0.1, 0.15) is 56.9 Å². The standard InChI is InChI=1S/C20H26N4OS/c1-2-3-18(26)24-10-7-13(8-11-24)16-12-17(23-20(25)14-4-5-14)22-19-15(16)6-9-21-19/h6,9,12-14H,2-5,7-8,10-11H2,1H3,(H2,21,22,23,25). The minimum atomic E-state index is 0.106. The van der Waals surface area contributed by atoms with Crippen LogP contribution in [0.3, 0.4) is 0 Å². The molecule has 1 aliphatic carbocycles. The van der Waals surface area contributed by atoms with Crippen molar-refractivity contribution in [3.8, 4) is 0 Å². The molecule has 0 bridgehead atoms. The molecule has 138 valence electrons. The van der Waals surface area contributed by atoms with Crippen molar-refractivity contribution in [2.75, 3.05) is 18.4 Å². The highest BCUT2D eigenvalue weighted by Crippen LogP contribution is 2.35. The average molecular weight is 371 g/mol. The van der Waals surface area contributed by atoms with Gasteiger partial charge in [0.05, 0.1) is 4.99 Å². The summed E-state index contributed by atoms with van der Waals surface area (Å²) >= 11 is 5.55. The molecule has 1 saturated heterocycles. The molecule has 1 amide bonds. The zero-order valence-electron chi connectivity index (χ0n) is 15.3. The molecular weight excluding hydrogens is 344 g/mol. The molecule has 0 spiro atoms. The molecule has 0 unspecified atom stereocenters. The molecule has 2 aromatic rings. The van der Waals surface area contributed by atoms with E-state index in [4.69, 9.17) is 12.2 Å². The third-order valence-electron chi connectivity index (χ3n) is 5.51. The lowest BCUT2D eigenvalue weighted by atomic mass is 9.88. The van der Waals surface area contributed by atoms with Gasteiger partial charge < -0.3 is 15.2 Å². The molecule has 2 fully saturated rings. The number of nitrogens with zero attached hydrogens (tertiary/aromatic N) is 2. The van der Waals surface area contributed by atoms with E-state index in [0.717, 1.165) is 62.3 Å². The number of amides is 1. The van der Waals surface area contributed by atoms with Crippen LogP contribution in [0.5, 0.6) is 0 Å². The van der Waals surface area contributed by atoms with Crippen LogP contribution in [-0.4, -0.2) is 38.9 Å². The van der Waals surface area contributed by atoms with Gasteiger partial charge in [-0.1, -0.05) is 19.1 Å². The number of H-pyrrole nitrogens is 1. The molecule has 0 aromatic carbocycles. The fourth-order valence-corrected chi connectivity index (χ4v) is 4.24. The van der Waals surface area contributed by atoms with E-state index >= 15 is 0 Å². The zero-order chi connectivity index (χ0) is 18.1. The van der Waals surface area contributed by atoms with Gasteiger partial charge in [-0.25, -0.2) is 4.98 Å². The molecule has 2 N–H and O–H groups in total. The lowest BCUT2D eigenvalue weighted by Crippen LogP contribution is -2.36. The van der Waals surface area contributed by atoms with Gasteiger partial charge in [-0.15, -0.1) is 0 Å². The largest absolute Gasteiger partial charge is 0.366 e. The van der Waals surface area contributed by atoms with Crippen molar-refractivity contribution >= 4 is 40.0 Å². The normalized spacial score (nSPS) is 18.3. The highest BCUT2D eigenvalue weighted by atomic mass is 32.1. The van der Waals surface area contributed by atoms with Gasteiger partial charge in [-0.05, 0) is 62.1 Å². The Labute approximate surface area is 159 Å². The van der Waals surface area contributed by atoms with Crippen molar-refractivity contribution in [2.45, 2.75) is 51.4 Å². The quantitative estimate of drug-likeness (QED) is 0.774. The number of aromatic nitrogens is 2. The Hall–Kier alpha value is -1.95. The van der Waals surface area contributed by atoms with Crippen LogP contribution in [0, 0.1) is 5.92 Å². The molecule has 0 atom stereocenters. The number of thiocarbonyl (C=S) groups is 1. The number of carbonyl (C=O) groups excluding carboxylic acids is 1. The van der Waals surface area contributed by atoms with Crippen molar-refractivity contribution in [1.82, 2.24) is 14.9 Å². The molecule has 2 aliphatic rings. The van der Waals surface area contributed by atoms with E-state index in [1.807, 2.05) is 6.20 Å². The van der Waals surface area contributed by atoms with E-state index in [1.165, 1.54) is 10.9 Å². The third kappa shape index (κ3) is 3.61. The summed E-state index contributed by atoms with van der Waals surface area (Å²) in [5, 5.41) is 4.18. The van der Waals surface area contributed by atoms with Crippen LogP contribution in [-0.2, 0) is 4.79 Å². The Balaban J connectivity index is 1.53. The minimum absolute atomic E-state index is 0.106. The summed E-state index contributed by atoms with van der Waals surface area (Å²) in [6, 6.07) is 4.18. The van der Waals surface area contributed by atoms with Gasteiger partial charge in [0.25, 0.3) is 0 Å². The summed E-state index contributed by atoms with van der Waals surface area (Å²) in [4.78, 5) is 23.4. The summed E-state index contributed by atoms with van der Waals surface area (Å²) in [7, 11) is 0. The van der Waals surface area contributed by atoms with Crippen molar-refractivity contribution < 1.29 is 4.79 Å². The second kappa shape index (κ2) is 7.35. The second-order valence-corrected chi connectivity index (χ2v) is 7.98. The number of rotatable bonds is 5. The number of hydrogen-bond donors (Lipinski definition) is 2. The van der Waals surface area contributed by atoms with E-state index in [1.54, 1.807) is 0 Å². The van der Waals surface area contributed by atoms with Gasteiger partial charge in [0.1, 0.15) is 11.5 Å². The van der Waals surface area contributed by atoms with Gasteiger partial charge in [-0.3, -0.25) is 4.79 Å². The fourth-order valence-electron chi connectivity index (χ4n) is 3.85. The van der Waals surface area contributed by atoms with Gasteiger partial charge >= 0.3 is 0 Å². The first kappa shape index (κ1) is 17.5. The minimum Gasteiger partial charge on any atom is -0.366 e. The predicted molar refractivity (Wildman–Crippen MR) is 109 cm³/mol. The number of aromatic amines is 1. The Kier molecular flexibility index (Phi) is 4.94. The summed E-state index contributed by atoms with van der Waals surface area (Å²) < 4.78 is 0. The number of piperidine rings is 1. The summed E-state index contributed by atoms with van der Waals surface area (Å²) in [6.45, 7) is 4.21. The maximum absolute atomic E-state index is 12.1. The lowest BCUT2D eigenvalue weighted by Gasteiger charge is -2.34. The molecular formula is C20H26N4OS. The monoisotopic (exact) mass is 370 g/mol. The molecule has 3 heterocycles. The van der Waals surface area contributed by atoms with Crippen molar-refractivity contribution in [3.63, 3.8) is 0 Å². The summed E-state index contributed by atoms with van der Waals surface area (Å²) in [5.74, 6) is 1.45.